The molecule has 0 heterocycles. The Bertz CT molecular complexity index is 447. The quantitative estimate of drug-likeness (QED) is 0.842. The van der Waals surface area contributed by atoms with E-state index in [1.165, 1.54) is 12.1 Å². The van der Waals surface area contributed by atoms with Crippen molar-refractivity contribution in [3.63, 3.8) is 0 Å². The van der Waals surface area contributed by atoms with Crippen LogP contribution in [0.3, 0.4) is 0 Å². The lowest BCUT2D eigenvalue weighted by Crippen LogP contribution is -2.29. The van der Waals surface area contributed by atoms with E-state index in [-0.39, 0.29) is 30.7 Å². The number of halogens is 3. The third kappa shape index (κ3) is 6.98. The second kappa shape index (κ2) is 7.14. The molecule has 0 aliphatic heterocycles. The molecule has 0 saturated heterocycles. The second-order valence-electron chi connectivity index (χ2n) is 4.51. The summed E-state index contributed by atoms with van der Waals surface area (Å²) in [6, 6.07) is 5.90. The van der Waals surface area contributed by atoms with Gasteiger partial charge in [0.2, 0.25) is 5.91 Å². The number of rotatable bonds is 6. The fourth-order valence-electron chi connectivity index (χ4n) is 1.48. The average Bonchev–Trinajstić information content (AvgIpc) is 2.33. The number of amides is 1. The van der Waals surface area contributed by atoms with Gasteiger partial charge < -0.3 is 15.8 Å². The van der Waals surface area contributed by atoms with E-state index >= 15 is 0 Å². The highest BCUT2D eigenvalue weighted by Crippen LogP contribution is 2.19. The first kappa shape index (κ1) is 16.3. The van der Waals surface area contributed by atoms with E-state index in [4.69, 9.17) is 5.73 Å². The normalized spacial score (nSPS) is 12.8. The maximum Gasteiger partial charge on any atom is 0.422 e. The van der Waals surface area contributed by atoms with Crippen LogP contribution in [0.2, 0.25) is 0 Å². The van der Waals surface area contributed by atoms with Crippen LogP contribution in [0.5, 0.6) is 5.75 Å². The third-order valence-corrected chi connectivity index (χ3v) is 2.30. The van der Waals surface area contributed by atoms with E-state index < -0.39 is 12.8 Å². The summed E-state index contributed by atoms with van der Waals surface area (Å²) in [5.41, 5.74) is 6.13. The summed E-state index contributed by atoms with van der Waals surface area (Å²) in [4.78, 5) is 11.4. The maximum absolute atomic E-state index is 12.0. The molecule has 0 aliphatic carbocycles. The van der Waals surface area contributed by atoms with Gasteiger partial charge in [0.1, 0.15) is 5.75 Å². The molecule has 0 aliphatic rings. The fourth-order valence-corrected chi connectivity index (χ4v) is 1.48. The Morgan fingerprint density at radius 1 is 1.45 bits per heavy atom. The minimum Gasteiger partial charge on any atom is -0.484 e. The summed E-state index contributed by atoms with van der Waals surface area (Å²) in [5, 5.41) is 2.63. The standard InChI is InChI=1S/C13H17F3N2O2/c1-9(17)5-12(19)18-7-10-3-2-4-11(6-10)20-8-13(14,15)16/h2-4,6,9H,5,7-8,17H2,1H3,(H,18,19). The third-order valence-electron chi connectivity index (χ3n) is 2.30. The fraction of sp³-hybridized carbons (Fsp3) is 0.462. The van der Waals surface area contributed by atoms with Gasteiger partial charge in [-0.15, -0.1) is 0 Å². The summed E-state index contributed by atoms with van der Waals surface area (Å²) >= 11 is 0. The number of ether oxygens (including phenoxy) is 1. The van der Waals surface area contributed by atoms with E-state index in [2.05, 4.69) is 10.1 Å². The summed E-state index contributed by atoms with van der Waals surface area (Å²) < 4.78 is 40.7. The molecular formula is C13H17F3N2O2. The summed E-state index contributed by atoms with van der Waals surface area (Å²) in [7, 11) is 0. The molecule has 1 rings (SSSR count). The Kier molecular flexibility index (Phi) is 5.82. The Labute approximate surface area is 115 Å². The van der Waals surface area contributed by atoms with Crippen LogP contribution in [-0.4, -0.2) is 24.7 Å². The van der Waals surface area contributed by atoms with E-state index in [9.17, 15) is 18.0 Å². The van der Waals surface area contributed by atoms with Gasteiger partial charge >= 0.3 is 6.18 Å². The maximum atomic E-state index is 12.0. The molecule has 7 heteroatoms. The number of hydrogen-bond donors (Lipinski definition) is 2. The first-order chi connectivity index (χ1) is 9.26. The number of alkyl halides is 3. The molecule has 1 amide bonds. The summed E-state index contributed by atoms with van der Waals surface area (Å²) in [5.74, 6) is -0.0946. The Balaban J connectivity index is 2.49. The first-order valence-electron chi connectivity index (χ1n) is 6.07. The molecule has 1 aromatic rings. The minimum absolute atomic E-state index is 0.112. The Morgan fingerprint density at radius 3 is 2.75 bits per heavy atom. The van der Waals surface area contributed by atoms with Crippen molar-refractivity contribution in [3.05, 3.63) is 29.8 Å². The lowest BCUT2D eigenvalue weighted by Gasteiger charge is -2.11. The molecular weight excluding hydrogens is 273 g/mol. The number of benzene rings is 1. The Morgan fingerprint density at radius 2 is 2.15 bits per heavy atom. The van der Waals surface area contributed by atoms with Gasteiger partial charge in [0.15, 0.2) is 6.61 Å². The van der Waals surface area contributed by atoms with Crippen molar-refractivity contribution < 1.29 is 22.7 Å². The zero-order valence-corrected chi connectivity index (χ0v) is 11.0. The van der Waals surface area contributed by atoms with Gasteiger partial charge in [-0.25, -0.2) is 0 Å². The number of nitrogens with one attached hydrogen (secondary N) is 1. The zero-order chi connectivity index (χ0) is 15.2. The van der Waals surface area contributed by atoms with Crippen molar-refractivity contribution in [2.75, 3.05) is 6.61 Å². The largest absolute Gasteiger partial charge is 0.484 e. The van der Waals surface area contributed by atoms with Gasteiger partial charge in [0.05, 0.1) is 0 Å². The average molecular weight is 290 g/mol. The van der Waals surface area contributed by atoms with Crippen LogP contribution >= 0.6 is 0 Å². The predicted molar refractivity (Wildman–Crippen MR) is 68.1 cm³/mol. The topological polar surface area (TPSA) is 64.4 Å². The summed E-state index contributed by atoms with van der Waals surface area (Å²) in [6.45, 7) is 0.591. The highest BCUT2D eigenvalue weighted by atomic mass is 19.4. The number of carbonyl (C=O) groups excluding carboxylic acids is 1. The van der Waals surface area contributed by atoms with E-state index in [0.29, 0.717) is 5.56 Å². The predicted octanol–water partition coefficient (Wildman–Crippen LogP) is 1.98. The van der Waals surface area contributed by atoms with Crippen LogP contribution in [0.1, 0.15) is 18.9 Å². The van der Waals surface area contributed by atoms with Gasteiger partial charge in [0.25, 0.3) is 0 Å². The number of nitrogens with two attached hydrogens (primary N) is 1. The van der Waals surface area contributed by atoms with Crippen molar-refractivity contribution in [2.45, 2.75) is 32.1 Å². The van der Waals surface area contributed by atoms with Crippen LogP contribution in [0.4, 0.5) is 13.2 Å². The monoisotopic (exact) mass is 290 g/mol. The number of carbonyl (C=O) groups is 1. The van der Waals surface area contributed by atoms with Crippen LogP contribution in [0.25, 0.3) is 0 Å². The molecule has 0 aromatic heterocycles. The van der Waals surface area contributed by atoms with E-state index in [1.54, 1.807) is 19.1 Å². The molecule has 3 N–H and O–H groups in total. The molecule has 0 fully saturated rings. The van der Waals surface area contributed by atoms with Gasteiger partial charge in [0, 0.05) is 19.0 Å². The van der Waals surface area contributed by atoms with Gasteiger partial charge in [-0.3, -0.25) is 4.79 Å². The number of hydrogen-bond acceptors (Lipinski definition) is 3. The van der Waals surface area contributed by atoms with Crippen LogP contribution in [-0.2, 0) is 11.3 Å². The van der Waals surface area contributed by atoms with Crippen molar-refractivity contribution >= 4 is 5.91 Å². The van der Waals surface area contributed by atoms with Crippen LogP contribution in [0, 0.1) is 0 Å². The second-order valence-corrected chi connectivity index (χ2v) is 4.51. The summed E-state index contributed by atoms with van der Waals surface area (Å²) in [6.07, 6.45) is -4.17. The molecule has 0 saturated carbocycles. The molecule has 4 nitrogen and oxygen atoms in total. The van der Waals surface area contributed by atoms with Crippen molar-refractivity contribution in [1.82, 2.24) is 5.32 Å². The molecule has 1 atom stereocenters. The highest BCUT2D eigenvalue weighted by Gasteiger charge is 2.28. The molecule has 20 heavy (non-hydrogen) atoms. The van der Waals surface area contributed by atoms with Gasteiger partial charge in [-0.1, -0.05) is 12.1 Å². The lowest BCUT2D eigenvalue weighted by molar-refractivity contribution is -0.153. The zero-order valence-electron chi connectivity index (χ0n) is 11.0. The van der Waals surface area contributed by atoms with Crippen molar-refractivity contribution in [2.24, 2.45) is 5.73 Å². The molecule has 112 valence electrons. The molecule has 1 aromatic carbocycles. The Hall–Kier alpha value is -1.76. The molecule has 1 unspecified atom stereocenters. The van der Waals surface area contributed by atoms with Gasteiger partial charge in [-0.2, -0.15) is 13.2 Å². The van der Waals surface area contributed by atoms with E-state index in [0.717, 1.165) is 0 Å². The lowest BCUT2D eigenvalue weighted by atomic mass is 10.2. The molecule has 0 bridgehead atoms. The van der Waals surface area contributed by atoms with Gasteiger partial charge in [-0.05, 0) is 24.6 Å². The van der Waals surface area contributed by atoms with Crippen LogP contribution < -0.4 is 15.8 Å². The first-order valence-corrected chi connectivity index (χ1v) is 6.07. The molecule has 0 spiro atoms. The SMILES string of the molecule is CC(N)CC(=O)NCc1cccc(OCC(F)(F)F)c1. The minimum atomic E-state index is -4.37. The van der Waals surface area contributed by atoms with E-state index in [1.807, 2.05) is 0 Å². The van der Waals surface area contributed by atoms with Crippen molar-refractivity contribution in [1.29, 1.82) is 0 Å². The molecule has 0 radical (unpaired) electrons. The highest BCUT2D eigenvalue weighted by molar-refractivity contribution is 5.76. The van der Waals surface area contributed by atoms with Crippen LogP contribution in [0.15, 0.2) is 24.3 Å². The smallest absolute Gasteiger partial charge is 0.422 e. The van der Waals surface area contributed by atoms with Crippen molar-refractivity contribution in [3.8, 4) is 5.75 Å².